The van der Waals surface area contributed by atoms with Crippen molar-refractivity contribution in [2.24, 2.45) is 0 Å². The molecule has 1 amide bonds. The zero-order chi connectivity index (χ0) is 13.2. The van der Waals surface area contributed by atoms with Crippen LogP contribution >= 0.6 is 27.5 Å². The van der Waals surface area contributed by atoms with Crippen molar-refractivity contribution in [3.05, 3.63) is 27.2 Å². The molecule has 94 valence electrons. The lowest BCUT2D eigenvalue weighted by Crippen LogP contribution is -2.21. The van der Waals surface area contributed by atoms with Crippen molar-refractivity contribution in [3.63, 3.8) is 0 Å². The van der Waals surface area contributed by atoms with Crippen LogP contribution in [0, 0.1) is 6.92 Å². The van der Waals surface area contributed by atoms with Crippen molar-refractivity contribution in [2.45, 2.75) is 19.5 Å². The van der Waals surface area contributed by atoms with E-state index in [0.29, 0.717) is 9.50 Å². The number of hydrogen-bond donors (Lipinski definition) is 1. The van der Waals surface area contributed by atoms with Crippen LogP contribution in [0.25, 0.3) is 0 Å². The Morgan fingerprint density at radius 3 is 2.59 bits per heavy atom. The molecule has 1 N–H and O–H groups in total. The van der Waals surface area contributed by atoms with Crippen molar-refractivity contribution in [3.8, 4) is 0 Å². The summed E-state index contributed by atoms with van der Waals surface area (Å²) >= 11 is 8.94. The summed E-state index contributed by atoms with van der Waals surface area (Å²) in [6.07, 6.45) is -6.05. The Kier molecular flexibility index (Phi) is 4.43. The SMILES string of the molecule is Cc1cc(Br)c(NC(=O)CC(F)(F)F)cc1Cl. The second kappa shape index (κ2) is 5.27. The molecule has 0 saturated carbocycles. The van der Waals surface area contributed by atoms with E-state index in [0.717, 1.165) is 5.56 Å². The van der Waals surface area contributed by atoms with Crippen LogP contribution in [-0.2, 0) is 4.79 Å². The lowest BCUT2D eigenvalue weighted by atomic mass is 10.2. The molecule has 0 aromatic heterocycles. The maximum absolute atomic E-state index is 12.0. The van der Waals surface area contributed by atoms with Crippen LogP contribution < -0.4 is 5.32 Å². The third kappa shape index (κ3) is 4.55. The normalized spacial score (nSPS) is 11.4. The van der Waals surface area contributed by atoms with Crippen molar-refractivity contribution >= 4 is 39.1 Å². The van der Waals surface area contributed by atoms with Crippen LogP contribution in [0.3, 0.4) is 0 Å². The molecule has 0 spiro atoms. The summed E-state index contributed by atoms with van der Waals surface area (Å²) in [6.45, 7) is 1.74. The molecule has 0 saturated heterocycles. The average molecular weight is 331 g/mol. The van der Waals surface area contributed by atoms with Gasteiger partial charge in [-0.1, -0.05) is 11.6 Å². The Balaban J connectivity index is 2.82. The number of aryl methyl sites for hydroxylation is 1. The zero-order valence-electron chi connectivity index (χ0n) is 8.66. The lowest BCUT2D eigenvalue weighted by molar-refractivity contribution is -0.150. The zero-order valence-corrected chi connectivity index (χ0v) is 11.0. The highest BCUT2D eigenvalue weighted by Crippen LogP contribution is 2.30. The van der Waals surface area contributed by atoms with Gasteiger partial charge < -0.3 is 5.32 Å². The van der Waals surface area contributed by atoms with Gasteiger partial charge >= 0.3 is 6.18 Å². The van der Waals surface area contributed by atoms with Crippen molar-refractivity contribution in [1.82, 2.24) is 0 Å². The van der Waals surface area contributed by atoms with Crippen LogP contribution in [0.4, 0.5) is 18.9 Å². The average Bonchev–Trinajstić information content (AvgIpc) is 2.11. The van der Waals surface area contributed by atoms with E-state index in [4.69, 9.17) is 11.6 Å². The molecule has 1 rings (SSSR count). The second-order valence-electron chi connectivity index (χ2n) is 3.42. The number of carbonyl (C=O) groups is 1. The van der Waals surface area contributed by atoms with Gasteiger partial charge in [-0.25, -0.2) is 0 Å². The Hall–Kier alpha value is -0.750. The number of halogens is 5. The minimum atomic E-state index is -4.52. The molecular formula is C10H8BrClF3NO. The predicted octanol–water partition coefficient (Wildman–Crippen LogP) is 4.30. The molecule has 1 aromatic rings. The highest BCUT2D eigenvalue weighted by Gasteiger charge is 2.31. The molecule has 0 aliphatic heterocycles. The third-order valence-corrected chi connectivity index (χ3v) is 2.95. The minimum Gasteiger partial charge on any atom is -0.325 e. The number of alkyl halides is 3. The highest BCUT2D eigenvalue weighted by molar-refractivity contribution is 9.10. The van der Waals surface area contributed by atoms with Gasteiger partial charge in [0, 0.05) is 9.50 Å². The Labute approximate surface area is 109 Å². The standard InChI is InChI=1S/C10H8BrClF3NO/c1-5-2-6(11)8(3-7(5)12)16-9(17)4-10(13,14)15/h2-3H,4H2,1H3,(H,16,17). The summed E-state index contributed by atoms with van der Waals surface area (Å²) in [5, 5.41) is 2.52. The fourth-order valence-corrected chi connectivity index (χ4v) is 1.84. The molecule has 0 heterocycles. The first-order valence-corrected chi connectivity index (χ1v) is 5.68. The number of benzene rings is 1. The summed E-state index contributed by atoms with van der Waals surface area (Å²) in [5.74, 6) is -1.13. The first-order chi connectivity index (χ1) is 7.69. The van der Waals surface area contributed by atoms with Gasteiger partial charge in [0.2, 0.25) is 5.91 Å². The topological polar surface area (TPSA) is 29.1 Å². The third-order valence-electron chi connectivity index (χ3n) is 1.88. The molecule has 17 heavy (non-hydrogen) atoms. The van der Waals surface area contributed by atoms with E-state index in [1.54, 1.807) is 13.0 Å². The van der Waals surface area contributed by atoms with Gasteiger partial charge in [0.25, 0.3) is 0 Å². The van der Waals surface area contributed by atoms with E-state index in [1.807, 2.05) is 0 Å². The molecule has 0 aliphatic carbocycles. The summed E-state index contributed by atoms with van der Waals surface area (Å²) in [7, 11) is 0. The van der Waals surface area contributed by atoms with Crippen molar-refractivity contribution in [2.75, 3.05) is 5.32 Å². The van der Waals surface area contributed by atoms with Crippen LogP contribution in [-0.4, -0.2) is 12.1 Å². The summed E-state index contributed by atoms with van der Waals surface area (Å²) in [6, 6.07) is 3.01. The number of rotatable bonds is 2. The lowest BCUT2D eigenvalue weighted by Gasteiger charge is -2.10. The van der Waals surface area contributed by atoms with E-state index in [-0.39, 0.29) is 5.69 Å². The van der Waals surface area contributed by atoms with Crippen molar-refractivity contribution < 1.29 is 18.0 Å². The molecule has 7 heteroatoms. The smallest absolute Gasteiger partial charge is 0.325 e. The Morgan fingerprint density at radius 1 is 1.47 bits per heavy atom. The van der Waals surface area contributed by atoms with Gasteiger partial charge in [-0.05, 0) is 40.5 Å². The van der Waals surface area contributed by atoms with E-state index in [9.17, 15) is 18.0 Å². The van der Waals surface area contributed by atoms with E-state index in [1.165, 1.54) is 6.07 Å². The summed E-state index contributed by atoms with van der Waals surface area (Å²) < 4.78 is 36.3. The molecule has 0 aliphatic rings. The fourth-order valence-electron chi connectivity index (χ4n) is 1.12. The van der Waals surface area contributed by atoms with Crippen LogP contribution in [0.1, 0.15) is 12.0 Å². The summed E-state index contributed by atoms with van der Waals surface area (Å²) in [4.78, 5) is 11.1. The first kappa shape index (κ1) is 14.3. The molecule has 0 unspecified atom stereocenters. The van der Waals surface area contributed by atoms with E-state index < -0.39 is 18.5 Å². The molecule has 0 atom stereocenters. The minimum absolute atomic E-state index is 0.217. The van der Waals surface area contributed by atoms with Gasteiger partial charge in [0.05, 0.1) is 5.69 Å². The second-order valence-corrected chi connectivity index (χ2v) is 4.68. The number of nitrogens with one attached hydrogen (secondary N) is 1. The first-order valence-electron chi connectivity index (χ1n) is 4.51. The Bertz CT molecular complexity index is 448. The van der Waals surface area contributed by atoms with Crippen LogP contribution in [0.5, 0.6) is 0 Å². The maximum Gasteiger partial charge on any atom is 0.397 e. The van der Waals surface area contributed by atoms with Crippen LogP contribution in [0.2, 0.25) is 5.02 Å². The van der Waals surface area contributed by atoms with E-state index in [2.05, 4.69) is 21.2 Å². The molecular weight excluding hydrogens is 322 g/mol. The number of hydrogen-bond acceptors (Lipinski definition) is 1. The van der Waals surface area contributed by atoms with Crippen molar-refractivity contribution in [1.29, 1.82) is 0 Å². The molecule has 0 radical (unpaired) electrons. The fraction of sp³-hybridized carbons (Fsp3) is 0.300. The summed E-state index contributed by atoms with van der Waals surface area (Å²) in [5.41, 5.74) is 0.974. The van der Waals surface area contributed by atoms with Gasteiger partial charge in [0.15, 0.2) is 0 Å². The monoisotopic (exact) mass is 329 g/mol. The molecule has 2 nitrogen and oxygen atoms in total. The predicted molar refractivity (Wildman–Crippen MR) is 63.2 cm³/mol. The number of carbonyl (C=O) groups excluding carboxylic acids is 1. The van der Waals surface area contributed by atoms with Gasteiger partial charge in [-0.3, -0.25) is 4.79 Å². The van der Waals surface area contributed by atoms with Crippen LogP contribution in [0.15, 0.2) is 16.6 Å². The molecule has 0 bridgehead atoms. The largest absolute Gasteiger partial charge is 0.397 e. The molecule has 0 fully saturated rings. The number of anilines is 1. The van der Waals surface area contributed by atoms with Gasteiger partial charge in [0.1, 0.15) is 6.42 Å². The maximum atomic E-state index is 12.0. The Morgan fingerprint density at radius 2 is 2.06 bits per heavy atom. The van der Waals surface area contributed by atoms with Gasteiger partial charge in [-0.15, -0.1) is 0 Å². The molecule has 1 aromatic carbocycles. The van der Waals surface area contributed by atoms with E-state index >= 15 is 0 Å². The van der Waals surface area contributed by atoms with Gasteiger partial charge in [-0.2, -0.15) is 13.2 Å². The highest BCUT2D eigenvalue weighted by atomic mass is 79.9. The number of amides is 1. The quantitative estimate of drug-likeness (QED) is 0.860.